The van der Waals surface area contributed by atoms with Gasteiger partial charge in [0, 0.05) is 22.4 Å². The smallest absolute Gasteiger partial charge is 0.422 e. The van der Waals surface area contributed by atoms with Crippen molar-refractivity contribution in [3.8, 4) is 11.5 Å². The number of carbonyl (C=O) groups is 1. The summed E-state index contributed by atoms with van der Waals surface area (Å²) >= 11 is 1.39. The van der Waals surface area contributed by atoms with Crippen LogP contribution in [0.4, 0.5) is 28.0 Å². The fourth-order valence-electron chi connectivity index (χ4n) is 2.89. The van der Waals surface area contributed by atoms with Gasteiger partial charge in [-0.25, -0.2) is 9.18 Å². The minimum Gasteiger partial charge on any atom is -0.493 e. The Labute approximate surface area is 168 Å². The van der Waals surface area contributed by atoms with Crippen LogP contribution in [0.1, 0.15) is 18.0 Å². The van der Waals surface area contributed by atoms with Crippen molar-refractivity contribution in [1.29, 1.82) is 0 Å². The van der Waals surface area contributed by atoms with E-state index in [0.29, 0.717) is 22.6 Å². The zero-order valence-corrected chi connectivity index (χ0v) is 16.1. The van der Waals surface area contributed by atoms with Gasteiger partial charge in [-0.15, -0.1) is 11.8 Å². The Hall–Kier alpha value is -2.62. The number of carbonyl (C=O) groups excluding carboxylic acids is 1. The van der Waals surface area contributed by atoms with Gasteiger partial charge >= 0.3 is 12.2 Å². The minimum atomic E-state index is -4.51. The number of urea groups is 1. The number of amides is 2. The zero-order chi connectivity index (χ0) is 21.0. The van der Waals surface area contributed by atoms with Gasteiger partial charge < -0.3 is 20.1 Å². The molecule has 156 valence electrons. The standard InChI is InChI=1S/C19H18F4N2O3S/c1-27-15-6-5-11(9-16(15)28-10-19(21,22)23)24-18(26)25-14-7-8-29-17-12(14)3-2-4-13(17)20/h2-6,9,14H,7-8,10H2,1H3,(H2,24,25,26). The van der Waals surface area contributed by atoms with Crippen LogP contribution in [0.15, 0.2) is 41.3 Å². The van der Waals surface area contributed by atoms with Gasteiger partial charge in [0.05, 0.1) is 13.2 Å². The molecule has 1 aliphatic rings. The maximum Gasteiger partial charge on any atom is 0.422 e. The molecule has 0 saturated carbocycles. The van der Waals surface area contributed by atoms with E-state index in [-0.39, 0.29) is 29.0 Å². The highest BCUT2D eigenvalue weighted by atomic mass is 32.2. The first kappa shape index (κ1) is 21.1. The Kier molecular flexibility index (Phi) is 6.41. The Bertz CT molecular complexity index is 892. The lowest BCUT2D eigenvalue weighted by Crippen LogP contribution is -2.34. The third kappa shape index (κ3) is 5.47. The zero-order valence-electron chi connectivity index (χ0n) is 15.3. The molecule has 3 rings (SSSR count). The lowest BCUT2D eigenvalue weighted by atomic mass is 10.0. The van der Waals surface area contributed by atoms with Gasteiger partial charge in [-0.3, -0.25) is 0 Å². The lowest BCUT2D eigenvalue weighted by molar-refractivity contribution is -0.153. The molecule has 2 N–H and O–H groups in total. The topological polar surface area (TPSA) is 59.6 Å². The van der Waals surface area contributed by atoms with Crippen LogP contribution in [0.5, 0.6) is 11.5 Å². The second-order valence-electron chi connectivity index (χ2n) is 6.22. The van der Waals surface area contributed by atoms with Crippen LogP contribution in [-0.2, 0) is 0 Å². The highest BCUT2D eigenvalue weighted by Gasteiger charge is 2.29. The van der Waals surface area contributed by atoms with Crippen molar-refractivity contribution in [2.75, 3.05) is 24.8 Å². The van der Waals surface area contributed by atoms with Crippen LogP contribution in [0, 0.1) is 5.82 Å². The van der Waals surface area contributed by atoms with Crippen molar-refractivity contribution in [3.05, 3.63) is 47.8 Å². The molecule has 2 aromatic rings. The van der Waals surface area contributed by atoms with Crippen molar-refractivity contribution in [2.45, 2.75) is 23.5 Å². The number of rotatable bonds is 5. The number of anilines is 1. The largest absolute Gasteiger partial charge is 0.493 e. The van der Waals surface area contributed by atoms with E-state index in [1.54, 1.807) is 12.1 Å². The van der Waals surface area contributed by atoms with Gasteiger partial charge in [0.15, 0.2) is 18.1 Å². The van der Waals surface area contributed by atoms with E-state index in [0.717, 1.165) is 0 Å². The normalized spacial score (nSPS) is 16.0. The maximum atomic E-state index is 13.9. The molecule has 1 heterocycles. The van der Waals surface area contributed by atoms with E-state index in [1.807, 2.05) is 0 Å². The summed E-state index contributed by atoms with van der Waals surface area (Å²) in [5.74, 6) is 0.274. The molecular weight excluding hydrogens is 412 g/mol. The van der Waals surface area contributed by atoms with E-state index in [2.05, 4.69) is 10.6 Å². The van der Waals surface area contributed by atoms with Crippen LogP contribution in [0.2, 0.25) is 0 Å². The minimum absolute atomic E-state index is 0.105. The van der Waals surface area contributed by atoms with Gasteiger partial charge in [-0.05, 0) is 30.2 Å². The lowest BCUT2D eigenvalue weighted by Gasteiger charge is -2.26. The first-order chi connectivity index (χ1) is 13.8. The number of hydrogen-bond acceptors (Lipinski definition) is 4. The molecule has 0 spiro atoms. The molecule has 1 aliphatic heterocycles. The molecule has 1 unspecified atom stereocenters. The molecule has 2 amide bonds. The number of ether oxygens (including phenoxy) is 2. The summed E-state index contributed by atoms with van der Waals surface area (Å²) in [5.41, 5.74) is 0.922. The highest BCUT2D eigenvalue weighted by molar-refractivity contribution is 7.99. The van der Waals surface area contributed by atoms with Gasteiger partial charge in [0.25, 0.3) is 0 Å². The molecule has 0 radical (unpaired) electrons. The van der Waals surface area contributed by atoms with Crippen molar-refractivity contribution in [1.82, 2.24) is 5.32 Å². The van der Waals surface area contributed by atoms with E-state index in [9.17, 15) is 22.4 Å². The number of halogens is 4. The number of fused-ring (bicyclic) bond motifs is 1. The van der Waals surface area contributed by atoms with Crippen molar-refractivity contribution in [3.63, 3.8) is 0 Å². The van der Waals surface area contributed by atoms with Gasteiger partial charge in [-0.1, -0.05) is 12.1 Å². The Balaban J connectivity index is 1.69. The number of benzene rings is 2. The average Bonchev–Trinajstić information content (AvgIpc) is 2.67. The third-order valence-electron chi connectivity index (χ3n) is 4.14. The van der Waals surface area contributed by atoms with E-state index in [4.69, 9.17) is 9.47 Å². The second kappa shape index (κ2) is 8.81. The Morgan fingerprint density at radius 2 is 2.03 bits per heavy atom. The Morgan fingerprint density at radius 1 is 1.24 bits per heavy atom. The number of methoxy groups -OCH3 is 1. The second-order valence-corrected chi connectivity index (χ2v) is 7.32. The van der Waals surface area contributed by atoms with Gasteiger partial charge in [-0.2, -0.15) is 13.2 Å². The fraction of sp³-hybridized carbons (Fsp3) is 0.316. The first-order valence-electron chi connectivity index (χ1n) is 8.63. The summed E-state index contributed by atoms with van der Waals surface area (Å²) in [6.45, 7) is -1.49. The SMILES string of the molecule is COc1ccc(NC(=O)NC2CCSc3c(F)cccc32)cc1OCC(F)(F)F. The fourth-order valence-corrected chi connectivity index (χ4v) is 4.03. The Morgan fingerprint density at radius 3 is 2.76 bits per heavy atom. The quantitative estimate of drug-likeness (QED) is 0.646. The molecule has 1 atom stereocenters. The van der Waals surface area contributed by atoms with E-state index < -0.39 is 18.8 Å². The molecule has 0 fully saturated rings. The maximum absolute atomic E-state index is 13.9. The summed E-state index contributed by atoms with van der Waals surface area (Å²) in [4.78, 5) is 12.9. The van der Waals surface area contributed by atoms with Crippen LogP contribution < -0.4 is 20.1 Å². The highest BCUT2D eigenvalue weighted by Crippen LogP contribution is 2.38. The van der Waals surface area contributed by atoms with E-state index in [1.165, 1.54) is 43.1 Å². The third-order valence-corrected chi connectivity index (χ3v) is 5.30. The van der Waals surface area contributed by atoms with Crippen LogP contribution >= 0.6 is 11.8 Å². The molecule has 5 nitrogen and oxygen atoms in total. The predicted molar refractivity (Wildman–Crippen MR) is 101 cm³/mol. The number of thioether (sulfide) groups is 1. The molecule has 0 bridgehead atoms. The monoisotopic (exact) mass is 430 g/mol. The summed E-state index contributed by atoms with van der Waals surface area (Å²) in [5, 5.41) is 5.33. The molecule has 2 aromatic carbocycles. The van der Waals surface area contributed by atoms with Gasteiger partial charge in [0.2, 0.25) is 0 Å². The van der Waals surface area contributed by atoms with Gasteiger partial charge in [0.1, 0.15) is 5.82 Å². The van der Waals surface area contributed by atoms with Crippen molar-refractivity contribution >= 4 is 23.5 Å². The number of nitrogens with one attached hydrogen (secondary N) is 2. The van der Waals surface area contributed by atoms with Crippen molar-refractivity contribution in [2.24, 2.45) is 0 Å². The van der Waals surface area contributed by atoms with E-state index >= 15 is 0 Å². The summed E-state index contributed by atoms with van der Waals surface area (Å²) in [6.07, 6.45) is -3.88. The first-order valence-corrected chi connectivity index (χ1v) is 9.61. The van der Waals surface area contributed by atoms with Crippen molar-refractivity contribution < 1.29 is 31.8 Å². The van der Waals surface area contributed by atoms with Crippen LogP contribution in [-0.4, -0.2) is 31.7 Å². The number of hydrogen-bond donors (Lipinski definition) is 2. The molecule has 0 aliphatic carbocycles. The predicted octanol–water partition coefficient (Wildman–Crippen LogP) is 5.13. The average molecular weight is 430 g/mol. The summed E-state index contributed by atoms with van der Waals surface area (Å²) in [6, 6.07) is 7.88. The molecule has 29 heavy (non-hydrogen) atoms. The summed E-state index contributed by atoms with van der Waals surface area (Å²) in [7, 11) is 1.30. The molecule has 0 aromatic heterocycles. The summed E-state index contributed by atoms with van der Waals surface area (Å²) < 4.78 is 61.0. The molecule has 0 saturated heterocycles. The van der Waals surface area contributed by atoms with Crippen LogP contribution in [0.25, 0.3) is 0 Å². The number of alkyl halides is 3. The van der Waals surface area contributed by atoms with Crippen LogP contribution in [0.3, 0.4) is 0 Å². The molecule has 10 heteroatoms. The molecular formula is C19H18F4N2O3S.